The van der Waals surface area contributed by atoms with Crippen LogP contribution in [-0.2, 0) is 6.54 Å². The standard InChI is InChI=1S/C17H28BrN3/c1-14(2)17(21-10-8-20(3)9-11-21)13-19-12-15-4-6-16(18)7-5-15/h4-7,14,17,19H,8-13H2,1-3H3. The summed E-state index contributed by atoms with van der Waals surface area (Å²) in [6.45, 7) is 11.5. The van der Waals surface area contributed by atoms with Gasteiger partial charge in [0.15, 0.2) is 0 Å². The van der Waals surface area contributed by atoms with E-state index in [0.717, 1.165) is 17.6 Å². The van der Waals surface area contributed by atoms with Gasteiger partial charge in [0.1, 0.15) is 0 Å². The van der Waals surface area contributed by atoms with Crippen LogP contribution in [0.1, 0.15) is 19.4 Å². The van der Waals surface area contributed by atoms with E-state index in [1.54, 1.807) is 0 Å². The van der Waals surface area contributed by atoms with Crippen molar-refractivity contribution >= 4 is 15.9 Å². The van der Waals surface area contributed by atoms with Crippen LogP contribution in [0.15, 0.2) is 28.7 Å². The van der Waals surface area contributed by atoms with E-state index >= 15 is 0 Å². The second kappa shape index (κ2) is 8.28. The normalized spacial score (nSPS) is 19.1. The molecule has 0 radical (unpaired) electrons. The Balaban J connectivity index is 1.81. The lowest BCUT2D eigenvalue weighted by atomic mass is 10.0. The van der Waals surface area contributed by atoms with Crippen LogP contribution < -0.4 is 5.32 Å². The third kappa shape index (κ3) is 5.37. The Bertz CT molecular complexity index is 411. The summed E-state index contributed by atoms with van der Waals surface area (Å²) < 4.78 is 1.14. The molecule has 1 heterocycles. The molecule has 0 spiro atoms. The number of halogens is 1. The molecule has 2 rings (SSSR count). The molecule has 1 atom stereocenters. The lowest BCUT2D eigenvalue weighted by Gasteiger charge is -2.40. The zero-order chi connectivity index (χ0) is 15.2. The van der Waals surface area contributed by atoms with Crippen LogP contribution in [0.3, 0.4) is 0 Å². The number of hydrogen-bond donors (Lipinski definition) is 1. The second-order valence-electron chi connectivity index (χ2n) is 6.41. The molecule has 1 fully saturated rings. The quantitative estimate of drug-likeness (QED) is 0.848. The van der Waals surface area contributed by atoms with Gasteiger partial charge in [0.05, 0.1) is 0 Å². The minimum absolute atomic E-state index is 0.633. The van der Waals surface area contributed by atoms with Crippen LogP contribution in [0.5, 0.6) is 0 Å². The molecule has 0 aromatic heterocycles. The molecular weight excluding hydrogens is 326 g/mol. The van der Waals surface area contributed by atoms with Crippen LogP contribution in [-0.4, -0.2) is 55.6 Å². The second-order valence-corrected chi connectivity index (χ2v) is 7.32. The fourth-order valence-electron chi connectivity index (χ4n) is 2.91. The molecule has 0 aliphatic carbocycles. The predicted molar refractivity (Wildman–Crippen MR) is 93.5 cm³/mol. The first-order valence-corrected chi connectivity index (χ1v) is 8.73. The molecule has 21 heavy (non-hydrogen) atoms. The summed E-state index contributed by atoms with van der Waals surface area (Å²) in [5.74, 6) is 0.686. The van der Waals surface area contributed by atoms with Gasteiger partial charge in [-0.3, -0.25) is 4.90 Å². The summed E-state index contributed by atoms with van der Waals surface area (Å²) in [6.07, 6.45) is 0. The Hall–Kier alpha value is -0.420. The number of likely N-dealkylation sites (N-methyl/N-ethyl adjacent to an activating group) is 1. The monoisotopic (exact) mass is 353 g/mol. The van der Waals surface area contributed by atoms with Crippen molar-refractivity contribution in [3.05, 3.63) is 34.3 Å². The number of nitrogens with zero attached hydrogens (tertiary/aromatic N) is 2. The SMILES string of the molecule is CC(C)C(CNCc1ccc(Br)cc1)N1CCN(C)CC1. The van der Waals surface area contributed by atoms with Gasteiger partial charge in [-0.1, -0.05) is 41.9 Å². The van der Waals surface area contributed by atoms with Crippen molar-refractivity contribution in [2.75, 3.05) is 39.8 Å². The van der Waals surface area contributed by atoms with E-state index in [-0.39, 0.29) is 0 Å². The van der Waals surface area contributed by atoms with Crippen molar-refractivity contribution in [2.24, 2.45) is 5.92 Å². The molecule has 1 aliphatic rings. The molecule has 1 aromatic carbocycles. The third-order valence-corrected chi connectivity index (χ3v) is 4.90. The van der Waals surface area contributed by atoms with E-state index < -0.39 is 0 Å². The van der Waals surface area contributed by atoms with E-state index in [1.807, 2.05) is 0 Å². The van der Waals surface area contributed by atoms with Crippen molar-refractivity contribution in [2.45, 2.75) is 26.4 Å². The predicted octanol–water partition coefficient (Wildman–Crippen LogP) is 2.81. The van der Waals surface area contributed by atoms with Crippen molar-refractivity contribution in [3.63, 3.8) is 0 Å². The first-order chi connectivity index (χ1) is 10.1. The van der Waals surface area contributed by atoms with Crippen molar-refractivity contribution < 1.29 is 0 Å². The third-order valence-electron chi connectivity index (χ3n) is 4.37. The Morgan fingerprint density at radius 3 is 2.29 bits per heavy atom. The maximum absolute atomic E-state index is 3.64. The lowest BCUT2D eigenvalue weighted by Crippen LogP contribution is -2.53. The number of piperazine rings is 1. The first kappa shape index (κ1) is 16.9. The van der Waals surface area contributed by atoms with E-state index in [4.69, 9.17) is 0 Å². The summed E-state index contributed by atoms with van der Waals surface area (Å²) in [7, 11) is 2.22. The van der Waals surface area contributed by atoms with E-state index in [0.29, 0.717) is 12.0 Å². The minimum Gasteiger partial charge on any atom is -0.311 e. The maximum Gasteiger partial charge on any atom is 0.0244 e. The first-order valence-electron chi connectivity index (χ1n) is 7.94. The highest BCUT2D eigenvalue weighted by Gasteiger charge is 2.24. The topological polar surface area (TPSA) is 18.5 Å². The van der Waals surface area contributed by atoms with Crippen LogP contribution >= 0.6 is 15.9 Å². The van der Waals surface area contributed by atoms with Crippen LogP contribution in [0.2, 0.25) is 0 Å². The Morgan fingerprint density at radius 1 is 1.10 bits per heavy atom. The average Bonchev–Trinajstić information content (AvgIpc) is 2.46. The van der Waals surface area contributed by atoms with Crippen molar-refractivity contribution in [1.29, 1.82) is 0 Å². The molecule has 1 N–H and O–H groups in total. The van der Waals surface area contributed by atoms with Gasteiger partial charge in [-0.05, 0) is 30.7 Å². The van der Waals surface area contributed by atoms with Gasteiger partial charge >= 0.3 is 0 Å². The molecule has 1 aliphatic heterocycles. The molecule has 118 valence electrons. The van der Waals surface area contributed by atoms with Crippen LogP contribution in [0, 0.1) is 5.92 Å². The van der Waals surface area contributed by atoms with E-state index in [1.165, 1.54) is 31.7 Å². The van der Waals surface area contributed by atoms with Gasteiger partial charge in [0, 0.05) is 49.8 Å². The molecule has 4 heteroatoms. The van der Waals surface area contributed by atoms with E-state index in [9.17, 15) is 0 Å². The number of rotatable bonds is 6. The van der Waals surface area contributed by atoms with Crippen LogP contribution in [0.4, 0.5) is 0 Å². The minimum atomic E-state index is 0.633. The highest BCUT2D eigenvalue weighted by molar-refractivity contribution is 9.10. The van der Waals surface area contributed by atoms with Crippen molar-refractivity contribution in [3.8, 4) is 0 Å². The van der Waals surface area contributed by atoms with Crippen LogP contribution in [0.25, 0.3) is 0 Å². The average molecular weight is 354 g/mol. The van der Waals surface area contributed by atoms with E-state index in [2.05, 4.69) is 76.2 Å². The number of benzene rings is 1. The van der Waals surface area contributed by atoms with Gasteiger partial charge in [0.2, 0.25) is 0 Å². The van der Waals surface area contributed by atoms with Gasteiger partial charge in [-0.25, -0.2) is 0 Å². The Morgan fingerprint density at radius 2 is 1.71 bits per heavy atom. The lowest BCUT2D eigenvalue weighted by molar-refractivity contribution is 0.0875. The number of nitrogens with one attached hydrogen (secondary N) is 1. The van der Waals surface area contributed by atoms with Crippen molar-refractivity contribution in [1.82, 2.24) is 15.1 Å². The zero-order valence-electron chi connectivity index (χ0n) is 13.5. The molecule has 1 aromatic rings. The summed E-state index contributed by atoms with van der Waals surface area (Å²) in [6, 6.07) is 9.21. The maximum atomic E-state index is 3.64. The Kier molecular flexibility index (Phi) is 6.68. The van der Waals surface area contributed by atoms with Gasteiger partial charge in [-0.2, -0.15) is 0 Å². The van der Waals surface area contributed by atoms with Gasteiger partial charge in [-0.15, -0.1) is 0 Å². The fourth-order valence-corrected chi connectivity index (χ4v) is 3.17. The molecule has 0 amide bonds. The summed E-state index contributed by atoms with van der Waals surface area (Å²) in [5.41, 5.74) is 1.35. The summed E-state index contributed by atoms with van der Waals surface area (Å²) in [4.78, 5) is 5.07. The zero-order valence-corrected chi connectivity index (χ0v) is 15.1. The molecule has 1 unspecified atom stereocenters. The smallest absolute Gasteiger partial charge is 0.0244 e. The molecular formula is C17H28BrN3. The molecule has 1 saturated heterocycles. The fraction of sp³-hybridized carbons (Fsp3) is 0.647. The number of hydrogen-bond acceptors (Lipinski definition) is 3. The highest BCUT2D eigenvalue weighted by Crippen LogP contribution is 2.14. The summed E-state index contributed by atoms with van der Waals surface area (Å²) in [5, 5.41) is 3.64. The molecule has 0 bridgehead atoms. The van der Waals surface area contributed by atoms with Gasteiger partial charge in [0.25, 0.3) is 0 Å². The molecule has 3 nitrogen and oxygen atoms in total. The largest absolute Gasteiger partial charge is 0.311 e. The molecule has 0 saturated carbocycles. The Labute approximate surface area is 137 Å². The van der Waals surface area contributed by atoms with Gasteiger partial charge < -0.3 is 10.2 Å². The summed E-state index contributed by atoms with van der Waals surface area (Å²) >= 11 is 3.48. The highest BCUT2D eigenvalue weighted by atomic mass is 79.9.